The van der Waals surface area contributed by atoms with Crippen LogP contribution in [-0.2, 0) is 16.0 Å². The molecule has 0 radical (unpaired) electrons. The fourth-order valence-corrected chi connectivity index (χ4v) is 3.91. The van der Waals surface area contributed by atoms with Crippen molar-refractivity contribution in [2.75, 3.05) is 6.54 Å². The number of fused-ring (bicyclic) bond motifs is 1. The minimum atomic E-state index is -1.27. The topological polar surface area (TPSA) is 95.3 Å². The van der Waals surface area contributed by atoms with Crippen LogP contribution in [0.1, 0.15) is 24.4 Å². The molecule has 0 aliphatic carbocycles. The van der Waals surface area contributed by atoms with E-state index in [1.807, 2.05) is 30.3 Å². The normalized spacial score (nSPS) is 17.4. The summed E-state index contributed by atoms with van der Waals surface area (Å²) in [7, 11) is 0. The molecule has 29 heavy (non-hydrogen) atoms. The number of carboxylic acids is 1. The van der Waals surface area contributed by atoms with E-state index in [9.17, 15) is 19.5 Å². The van der Waals surface area contributed by atoms with Gasteiger partial charge >= 0.3 is 0 Å². The molecule has 7 nitrogen and oxygen atoms in total. The molecule has 1 aromatic heterocycles. The van der Waals surface area contributed by atoms with Gasteiger partial charge in [-0.3, -0.25) is 14.2 Å². The molecular formula is C22H20N3O4-. The maximum absolute atomic E-state index is 13.4. The first-order valence-corrected chi connectivity index (χ1v) is 9.57. The smallest absolute Gasteiger partial charge is 0.261 e. The van der Waals surface area contributed by atoms with Crippen LogP contribution >= 0.6 is 0 Å². The van der Waals surface area contributed by atoms with Gasteiger partial charge in [0.25, 0.3) is 5.56 Å². The Morgan fingerprint density at radius 2 is 1.83 bits per heavy atom. The summed E-state index contributed by atoms with van der Waals surface area (Å²) in [5.41, 5.74) is 1.10. The quantitative estimate of drug-likeness (QED) is 0.646. The number of aromatic nitrogens is 2. The number of nitrogens with zero attached hydrogens (tertiary/aromatic N) is 3. The van der Waals surface area contributed by atoms with Crippen molar-refractivity contribution in [2.24, 2.45) is 0 Å². The molecule has 1 amide bonds. The largest absolute Gasteiger partial charge is 0.548 e. The van der Waals surface area contributed by atoms with Crippen LogP contribution in [0.4, 0.5) is 0 Å². The Bertz CT molecular complexity index is 1110. The number of para-hydroxylation sites is 1. The number of amides is 1. The van der Waals surface area contributed by atoms with E-state index in [1.54, 1.807) is 24.3 Å². The van der Waals surface area contributed by atoms with Crippen LogP contribution in [-0.4, -0.2) is 38.9 Å². The minimum Gasteiger partial charge on any atom is -0.548 e. The lowest BCUT2D eigenvalue weighted by molar-refractivity contribution is -0.310. The second kappa shape index (κ2) is 7.87. The van der Waals surface area contributed by atoms with Crippen molar-refractivity contribution >= 4 is 22.8 Å². The van der Waals surface area contributed by atoms with Gasteiger partial charge in [-0.2, -0.15) is 0 Å². The van der Waals surface area contributed by atoms with Gasteiger partial charge in [-0.25, -0.2) is 4.98 Å². The zero-order chi connectivity index (χ0) is 20.4. The number of aliphatic carboxylic acids is 1. The van der Waals surface area contributed by atoms with Gasteiger partial charge in [-0.15, -0.1) is 0 Å². The fourth-order valence-electron chi connectivity index (χ4n) is 3.91. The van der Waals surface area contributed by atoms with Crippen LogP contribution in [0.3, 0.4) is 0 Å². The maximum Gasteiger partial charge on any atom is 0.261 e. The highest BCUT2D eigenvalue weighted by atomic mass is 16.4. The standard InChI is InChI=1S/C22H21N3O4/c26-20-16-9-4-5-10-17(16)23-14-25(20)19(13-15-7-2-1-3-8-15)21(27)24-12-6-11-18(24)22(28)29/h1-5,7-10,14,18-19H,6,11-13H2,(H,28,29)/p-1/t18-,19+/m1/s1. The van der Waals surface area contributed by atoms with Crippen LogP contribution in [0, 0.1) is 0 Å². The lowest BCUT2D eigenvalue weighted by Crippen LogP contribution is -2.50. The van der Waals surface area contributed by atoms with Crippen molar-refractivity contribution in [1.82, 2.24) is 14.5 Å². The van der Waals surface area contributed by atoms with Crippen LogP contribution in [0.5, 0.6) is 0 Å². The first-order chi connectivity index (χ1) is 14.1. The Morgan fingerprint density at radius 1 is 1.10 bits per heavy atom. The number of hydrogen-bond donors (Lipinski definition) is 0. The summed E-state index contributed by atoms with van der Waals surface area (Å²) in [4.78, 5) is 43.7. The van der Waals surface area contributed by atoms with Gasteiger partial charge in [0.1, 0.15) is 6.04 Å². The molecule has 1 saturated heterocycles. The summed E-state index contributed by atoms with van der Waals surface area (Å²) in [6.45, 7) is 0.332. The van der Waals surface area contributed by atoms with E-state index >= 15 is 0 Å². The van der Waals surface area contributed by atoms with E-state index in [1.165, 1.54) is 15.8 Å². The van der Waals surface area contributed by atoms with E-state index in [2.05, 4.69) is 4.98 Å². The molecule has 0 N–H and O–H groups in total. The molecule has 2 aromatic carbocycles. The third-order valence-corrected chi connectivity index (χ3v) is 5.39. The first kappa shape index (κ1) is 18.9. The first-order valence-electron chi connectivity index (χ1n) is 9.57. The lowest BCUT2D eigenvalue weighted by atomic mass is 10.0. The molecule has 2 atom stereocenters. The number of hydrogen-bond acceptors (Lipinski definition) is 5. The Labute approximate surface area is 167 Å². The second-order valence-electron chi connectivity index (χ2n) is 7.19. The predicted molar refractivity (Wildman–Crippen MR) is 105 cm³/mol. The lowest BCUT2D eigenvalue weighted by Gasteiger charge is -2.30. The molecule has 0 bridgehead atoms. The third kappa shape index (κ3) is 3.63. The summed E-state index contributed by atoms with van der Waals surface area (Å²) in [5, 5.41) is 11.9. The van der Waals surface area contributed by atoms with Gasteiger partial charge < -0.3 is 14.8 Å². The van der Waals surface area contributed by atoms with E-state index in [-0.39, 0.29) is 12.0 Å². The molecule has 2 heterocycles. The summed E-state index contributed by atoms with van der Waals surface area (Å²) in [6.07, 6.45) is 2.58. The number of likely N-dealkylation sites (tertiary alicyclic amines) is 1. The molecule has 1 aliphatic rings. The Morgan fingerprint density at radius 3 is 2.59 bits per heavy atom. The average molecular weight is 390 g/mol. The minimum absolute atomic E-state index is 0.260. The number of benzene rings is 2. The summed E-state index contributed by atoms with van der Waals surface area (Å²) in [5.74, 6) is -1.67. The molecule has 0 saturated carbocycles. The van der Waals surface area contributed by atoms with E-state index in [4.69, 9.17) is 0 Å². The predicted octanol–water partition coefficient (Wildman–Crippen LogP) is 0.921. The van der Waals surface area contributed by atoms with Crippen LogP contribution in [0.25, 0.3) is 10.9 Å². The van der Waals surface area contributed by atoms with Crippen molar-refractivity contribution in [3.05, 3.63) is 76.8 Å². The fraction of sp³-hybridized carbons (Fsp3) is 0.273. The Balaban J connectivity index is 1.79. The van der Waals surface area contributed by atoms with Gasteiger partial charge in [0.15, 0.2) is 0 Å². The van der Waals surface area contributed by atoms with Crippen molar-refractivity contribution in [3.63, 3.8) is 0 Å². The molecule has 0 spiro atoms. The van der Waals surface area contributed by atoms with Gasteiger partial charge in [0.2, 0.25) is 5.91 Å². The van der Waals surface area contributed by atoms with Crippen molar-refractivity contribution in [1.29, 1.82) is 0 Å². The van der Waals surface area contributed by atoms with Crippen molar-refractivity contribution in [2.45, 2.75) is 31.3 Å². The van der Waals surface area contributed by atoms with Gasteiger partial charge in [0, 0.05) is 13.0 Å². The molecule has 1 fully saturated rings. The molecule has 7 heteroatoms. The zero-order valence-corrected chi connectivity index (χ0v) is 15.7. The van der Waals surface area contributed by atoms with Crippen molar-refractivity contribution in [3.8, 4) is 0 Å². The van der Waals surface area contributed by atoms with E-state index < -0.39 is 24.0 Å². The molecule has 148 valence electrons. The molecule has 1 aliphatic heterocycles. The second-order valence-corrected chi connectivity index (χ2v) is 7.19. The highest BCUT2D eigenvalue weighted by molar-refractivity contribution is 5.86. The molecule has 4 rings (SSSR count). The van der Waals surface area contributed by atoms with E-state index in [0.29, 0.717) is 30.3 Å². The Kier molecular flexibility index (Phi) is 5.12. The van der Waals surface area contributed by atoms with Crippen molar-refractivity contribution < 1.29 is 14.7 Å². The molecular weight excluding hydrogens is 370 g/mol. The average Bonchev–Trinajstić information content (AvgIpc) is 3.23. The number of carboxylic acid groups (broad SMARTS) is 1. The zero-order valence-electron chi connectivity index (χ0n) is 15.7. The maximum atomic E-state index is 13.4. The summed E-state index contributed by atoms with van der Waals surface area (Å²) < 4.78 is 1.32. The molecule has 0 unspecified atom stereocenters. The number of carbonyl (C=O) groups is 2. The third-order valence-electron chi connectivity index (χ3n) is 5.39. The Hall–Kier alpha value is -3.48. The van der Waals surface area contributed by atoms with Gasteiger partial charge in [0.05, 0.1) is 29.2 Å². The summed E-state index contributed by atoms with van der Waals surface area (Å²) >= 11 is 0. The monoisotopic (exact) mass is 390 g/mol. The van der Waals surface area contributed by atoms with Crippen LogP contribution in [0.2, 0.25) is 0 Å². The van der Waals surface area contributed by atoms with Crippen LogP contribution in [0.15, 0.2) is 65.7 Å². The molecule has 3 aromatic rings. The highest BCUT2D eigenvalue weighted by Crippen LogP contribution is 2.24. The van der Waals surface area contributed by atoms with Gasteiger partial charge in [-0.1, -0.05) is 42.5 Å². The van der Waals surface area contributed by atoms with Crippen LogP contribution < -0.4 is 10.7 Å². The van der Waals surface area contributed by atoms with E-state index in [0.717, 1.165) is 5.56 Å². The van der Waals surface area contributed by atoms with Gasteiger partial charge in [-0.05, 0) is 30.5 Å². The SMILES string of the molecule is O=C([O-])[C@H]1CCCN1C(=O)[C@H](Cc1ccccc1)n1cnc2ccccc2c1=O. The number of rotatable bonds is 5. The summed E-state index contributed by atoms with van der Waals surface area (Å²) in [6, 6.07) is 14.4. The number of carbonyl (C=O) groups excluding carboxylic acids is 2. The highest BCUT2D eigenvalue weighted by Gasteiger charge is 2.35.